The summed E-state index contributed by atoms with van der Waals surface area (Å²) in [6.45, 7) is 7.25. The van der Waals surface area contributed by atoms with E-state index < -0.39 is 27.2 Å². The zero-order valence-electron chi connectivity index (χ0n) is 15.7. The normalized spacial score (nSPS) is 14.5. The van der Waals surface area contributed by atoms with Gasteiger partial charge in [-0.25, -0.2) is 8.42 Å². The molecule has 0 aliphatic rings. The van der Waals surface area contributed by atoms with Crippen molar-refractivity contribution in [3.8, 4) is 0 Å². The van der Waals surface area contributed by atoms with Crippen molar-refractivity contribution in [3.05, 3.63) is 66.2 Å². The van der Waals surface area contributed by atoms with Crippen LogP contribution in [0.1, 0.15) is 45.8 Å². The van der Waals surface area contributed by atoms with Crippen LogP contribution in [0.5, 0.6) is 0 Å². The van der Waals surface area contributed by atoms with Gasteiger partial charge in [0, 0.05) is 6.92 Å². The fourth-order valence-electron chi connectivity index (χ4n) is 2.95. The van der Waals surface area contributed by atoms with Gasteiger partial charge in [0.15, 0.2) is 9.84 Å². The first-order chi connectivity index (χ1) is 12.1. The Morgan fingerprint density at radius 1 is 0.962 bits per heavy atom. The molecule has 0 heterocycles. The highest BCUT2D eigenvalue weighted by Gasteiger charge is 2.40. The Balaban J connectivity index is 2.59. The SMILES string of the molecule is CC(=O)O[C@@H](c1ccccc1)[C@@H](CC(C)(C)C)S(=O)(=O)c1ccccc1. The molecule has 0 aromatic heterocycles. The third-order valence-corrected chi connectivity index (χ3v) is 6.18. The standard InChI is InChI=1S/C21H26O4S/c1-16(22)25-20(17-11-7-5-8-12-17)19(15-21(2,3)4)26(23,24)18-13-9-6-10-14-18/h5-14,19-20H,15H2,1-4H3/t19-,20+/m1/s1. The number of sulfone groups is 1. The van der Waals surface area contributed by atoms with Crippen LogP contribution < -0.4 is 0 Å². The van der Waals surface area contributed by atoms with Crippen LogP contribution in [0.4, 0.5) is 0 Å². The summed E-state index contributed by atoms with van der Waals surface area (Å²) in [6.07, 6.45) is -0.505. The van der Waals surface area contributed by atoms with Gasteiger partial charge in [-0.15, -0.1) is 0 Å². The summed E-state index contributed by atoms with van der Waals surface area (Å²) in [5, 5.41) is -0.879. The van der Waals surface area contributed by atoms with Gasteiger partial charge in [-0.2, -0.15) is 0 Å². The van der Waals surface area contributed by atoms with Crippen LogP contribution in [0.3, 0.4) is 0 Å². The molecule has 0 unspecified atom stereocenters. The molecule has 0 aliphatic heterocycles. The van der Waals surface area contributed by atoms with E-state index >= 15 is 0 Å². The van der Waals surface area contributed by atoms with Gasteiger partial charge in [0.25, 0.3) is 0 Å². The Bertz CT molecular complexity index is 821. The number of esters is 1. The Kier molecular flexibility index (Phi) is 6.24. The molecule has 0 amide bonds. The smallest absolute Gasteiger partial charge is 0.303 e. The Hall–Kier alpha value is -2.14. The van der Waals surface area contributed by atoms with Crippen LogP contribution in [-0.2, 0) is 19.4 Å². The Labute approximate surface area is 156 Å². The highest BCUT2D eigenvalue weighted by Crippen LogP contribution is 2.37. The minimum Gasteiger partial charge on any atom is -0.456 e. The molecule has 140 valence electrons. The van der Waals surface area contributed by atoms with Gasteiger partial charge < -0.3 is 4.74 Å². The van der Waals surface area contributed by atoms with E-state index in [1.807, 2.05) is 39.0 Å². The summed E-state index contributed by atoms with van der Waals surface area (Å²) in [6, 6.07) is 17.4. The van der Waals surface area contributed by atoms with Crippen molar-refractivity contribution in [1.29, 1.82) is 0 Å². The van der Waals surface area contributed by atoms with Crippen LogP contribution in [0.25, 0.3) is 0 Å². The zero-order chi connectivity index (χ0) is 19.4. The average molecular weight is 375 g/mol. The molecule has 0 fully saturated rings. The van der Waals surface area contributed by atoms with Gasteiger partial charge in [0.1, 0.15) is 11.4 Å². The van der Waals surface area contributed by atoms with Gasteiger partial charge in [0.05, 0.1) is 4.90 Å². The maximum atomic E-state index is 13.4. The number of carbonyl (C=O) groups excluding carboxylic acids is 1. The number of benzene rings is 2. The van der Waals surface area contributed by atoms with Crippen LogP contribution in [0.15, 0.2) is 65.6 Å². The maximum absolute atomic E-state index is 13.4. The fourth-order valence-corrected chi connectivity index (χ4v) is 5.09. The van der Waals surface area contributed by atoms with E-state index in [0.29, 0.717) is 12.0 Å². The van der Waals surface area contributed by atoms with Gasteiger partial charge in [-0.1, -0.05) is 69.3 Å². The van der Waals surface area contributed by atoms with E-state index in [1.54, 1.807) is 42.5 Å². The lowest BCUT2D eigenvalue weighted by Gasteiger charge is -2.32. The molecule has 0 N–H and O–H groups in total. The molecular formula is C21H26O4S. The number of hydrogen-bond donors (Lipinski definition) is 0. The van der Waals surface area contributed by atoms with E-state index in [2.05, 4.69) is 0 Å². The molecule has 2 atom stereocenters. The summed E-state index contributed by atoms with van der Waals surface area (Å²) >= 11 is 0. The summed E-state index contributed by atoms with van der Waals surface area (Å²) in [4.78, 5) is 12.0. The lowest BCUT2D eigenvalue weighted by molar-refractivity contribution is -0.147. The first kappa shape index (κ1) is 20.2. The summed E-state index contributed by atoms with van der Waals surface area (Å²) in [5.74, 6) is -0.499. The van der Waals surface area contributed by atoms with Crippen molar-refractivity contribution in [3.63, 3.8) is 0 Å². The fraction of sp³-hybridized carbons (Fsp3) is 0.381. The first-order valence-electron chi connectivity index (χ1n) is 8.62. The van der Waals surface area contributed by atoms with Crippen molar-refractivity contribution in [1.82, 2.24) is 0 Å². The van der Waals surface area contributed by atoms with Crippen molar-refractivity contribution in [2.24, 2.45) is 5.41 Å². The first-order valence-corrected chi connectivity index (χ1v) is 10.2. The second-order valence-corrected chi connectivity index (χ2v) is 9.77. The largest absolute Gasteiger partial charge is 0.456 e. The van der Waals surface area contributed by atoms with E-state index in [0.717, 1.165) is 0 Å². The predicted molar refractivity (Wildman–Crippen MR) is 102 cm³/mol. The third-order valence-electron chi connectivity index (χ3n) is 4.04. The summed E-state index contributed by atoms with van der Waals surface area (Å²) in [5.41, 5.74) is 0.413. The lowest BCUT2D eigenvalue weighted by atomic mass is 9.87. The highest BCUT2D eigenvalue weighted by atomic mass is 32.2. The second-order valence-electron chi connectivity index (χ2n) is 7.60. The average Bonchev–Trinajstić information content (AvgIpc) is 2.58. The number of rotatable bonds is 6. The molecule has 26 heavy (non-hydrogen) atoms. The van der Waals surface area contributed by atoms with Crippen LogP contribution >= 0.6 is 0 Å². The van der Waals surface area contributed by atoms with E-state index in [-0.39, 0.29) is 10.3 Å². The van der Waals surface area contributed by atoms with E-state index in [1.165, 1.54) is 6.92 Å². The molecule has 0 saturated heterocycles. The molecule has 0 radical (unpaired) electrons. The van der Waals surface area contributed by atoms with Crippen LogP contribution in [-0.4, -0.2) is 19.6 Å². The van der Waals surface area contributed by atoms with Crippen molar-refractivity contribution in [2.45, 2.75) is 50.4 Å². The molecule has 0 saturated carbocycles. The van der Waals surface area contributed by atoms with Gasteiger partial charge in [-0.3, -0.25) is 4.79 Å². The molecule has 2 rings (SSSR count). The molecule has 0 spiro atoms. The Morgan fingerprint density at radius 2 is 1.46 bits per heavy atom. The highest BCUT2D eigenvalue weighted by molar-refractivity contribution is 7.92. The molecule has 0 aliphatic carbocycles. The number of carbonyl (C=O) groups is 1. The molecule has 2 aromatic carbocycles. The maximum Gasteiger partial charge on any atom is 0.303 e. The molecule has 4 nitrogen and oxygen atoms in total. The molecular weight excluding hydrogens is 348 g/mol. The molecule has 5 heteroatoms. The third kappa shape index (κ3) is 5.18. The van der Waals surface area contributed by atoms with Gasteiger partial charge in [-0.05, 0) is 29.5 Å². The van der Waals surface area contributed by atoms with Crippen LogP contribution in [0, 0.1) is 5.41 Å². The summed E-state index contributed by atoms with van der Waals surface area (Å²) in [7, 11) is -3.70. The number of ether oxygens (including phenoxy) is 1. The zero-order valence-corrected chi connectivity index (χ0v) is 16.5. The van der Waals surface area contributed by atoms with Crippen LogP contribution in [0.2, 0.25) is 0 Å². The van der Waals surface area contributed by atoms with Gasteiger partial charge in [0.2, 0.25) is 0 Å². The van der Waals surface area contributed by atoms with E-state index in [9.17, 15) is 13.2 Å². The minimum absolute atomic E-state index is 0.238. The molecule has 0 bridgehead atoms. The molecule has 2 aromatic rings. The minimum atomic E-state index is -3.70. The Morgan fingerprint density at radius 3 is 1.92 bits per heavy atom. The van der Waals surface area contributed by atoms with Crippen molar-refractivity contribution >= 4 is 15.8 Å². The van der Waals surface area contributed by atoms with E-state index in [4.69, 9.17) is 4.74 Å². The van der Waals surface area contributed by atoms with Gasteiger partial charge >= 0.3 is 5.97 Å². The predicted octanol–water partition coefficient (Wildman–Crippen LogP) is 4.57. The second kappa shape index (κ2) is 8.04. The van der Waals surface area contributed by atoms with Crippen molar-refractivity contribution < 1.29 is 17.9 Å². The monoisotopic (exact) mass is 374 g/mol. The quantitative estimate of drug-likeness (QED) is 0.695. The lowest BCUT2D eigenvalue weighted by Crippen LogP contribution is -2.35. The summed E-state index contributed by atoms with van der Waals surface area (Å²) < 4.78 is 32.4. The number of hydrogen-bond acceptors (Lipinski definition) is 4. The van der Waals surface area contributed by atoms with Crippen molar-refractivity contribution in [2.75, 3.05) is 0 Å². The topological polar surface area (TPSA) is 60.4 Å².